The van der Waals surface area contributed by atoms with Crippen LogP contribution < -0.4 is 15.4 Å². The number of amides is 1. The molecule has 8 heteroatoms. The Hall–Kier alpha value is -1.48. The largest absolute Gasteiger partial charge is 0.377 e. The molecule has 0 aromatic heterocycles. The van der Waals surface area contributed by atoms with Gasteiger partial charge in [0, 0.05) is 31.3 Å². The Morgan fingerprint density at radius 3 is 2.64 bits per heavy atom. The second-order valence-corrected chi connectivity index (χ2v) is 8.29. The van der Waals surface area contributed by atoms with Crippen molar-refractivity contribution in [1.29, 1.82) is 0 Å². The first-order valence-electron chi connectivity index (χ1n) is 8.77. The van der Waals surface area contributed by atoms with Crippen LogP contribution >= 0.6 is 0 Å². The van der Waals surface area contributed by atoms with E-state index in [1.807, 2.05) is 0 Å². The minimum absolute atomic E-state index is 0.0519. The Morgan fingerprint density at radius 1 is 1.20 bits per heavy atom. The van der Waals surface area contributed by atoms with Crippen molar-refractivity contribution >= 4 is 15.9 Å². The maximum absolute atomic E-state index is 12.3. The number of carbonyl (C=O) groups is 1. The molecule has 0 bridgehead atoms. The minimum atomic E-state index is -3.59. The molecule has 7 nitrogen and oxygen atoms in total. The van der Waals surface area contributed by atoms with Gasteiger partial charge in [-0.1, -0.05) is 0 Å². The Morgan fingerprint density at radius 2 is 2.00 bits per heavy atom. The van der Waals surface area contributed by atoms with Crippen LogP contribution in [-0.2, 0) is 14.8 Å². The molecule has 1 aromatic rings. The van der Waals surface area contributed by atoms with Gasteiger partial charge < -0.3 is 15.4 Å². The Bertz CT molecular complexity index is 678. The number of carbonyl (C=O) groups excluding carboxylic acids is 1. The summed E-state index contributed by atoms with van der Waals surface area (Å²) in [4.78, 5) is 12.4. The van der Waals surface area contributed by atoms with Crippen molar-refractivity contribution < 1.29 is 17.9 Å². The zero-order valence-electron chi connectivity index (χ0n) is 14.2. The number of nitrogens with one attached hydrogen (secondary N) is 3. The molecule has 2 aliphatic heterocycles. The van der Waals surface area contributed by atoms with E-state index in [9.17, 15) is 13.2 Å². The lowest BCUT2D eigenvalue weighted by molar-refractivity contribution is 0.0930. The highest BCUT2D eigenvalue weighted by molar-refractivity contribution is 7.89. The summed E-state index contributed by atoms with van der Waals surface area (Å²) in [5.74, 6) is -0.176. The maximum Gasteiger partial charge on any atom is 0.251 e. The van der Waals surface area contributed by atoms with E-state index < -0.39 is 10.0 Å². The molecular weight excluding hydrogens is 342 g/mol. The van der Waals surface area contributed by atoms with Crippen molar-refractivity contribution in [2.45, 2.75) is 42.7 Å². The van der Waals surface area contributed by atoms with Crippen LogP contribution in [0, 0.1) is 0 Å². The summed E-state index contributed by atoms with van der Waals surface area (Å²) < 4.78 is 32.6. The molecule has 2 fully saturated rings. The van der Waals surface area contributed by atoms with E-state index >= 15 is 0 Å². The lowest BCUT2D eigenvalue weighted by atomic mass is 10.1. The molecule has 1 amide bonds. The van der Waals surface area contributed by atoms with E-state index in [0.717, 1.165) is 38.8 Å². The number of ether oxygens (including phenoxy) is 1. The molecular formula is C17H25N3O4S. The van der Waals surface area contributed by atoms with Crippen LogP contribution in [-0.4, -0.2) is 52.7 Å². The minimum Gasteiger partial charge on any atom is -0.377 e. The molecule has 2 unspecified atom stereocenters. The molecule has 25 heavy (non-hydrogen) atoms. The molecule has 0 saturated carbocycles. The van der Waals surface area contributed by atoms with Crippen LogP contribution in [0.4, 0.5) is 0 Å². The predicted molar refractivity (Wildman–Crippen MR) is 94.0 cm³/mol. The van der Waals surface area contributed by atoms with Crippen molar-refractivity contribution in [1.82, 2.24) is 15.4 Å². The summed E-state index contributed by atoms with van der Waals surface area (Å²) in [6.45, 7) is 2.72. The van der Waals surface area contributed by atoms with Gasteiger partial charge in [-0.25, -0.2) is 13.1 Å². The number of piperidine rings is 1. The van der Waals surface area contributed by atoms with Crippen LogP contribution in [0.1, 0.15) is 36.0 Å². The van der Waals surface area contributed by atoms with Crippen molar-refractivity contribution in [2.24, 2.45) is 0 Å². The van der Waals surface area contributed by atoms with Gasteiger partial charge in [-0.3, -0.25) is 4.79 Å². The molecule has 0 spiro atoms. The first-order valence-corrected chi connectivity index (χ1v) is 10.3. The highest BCUT2D eigenvalue weighted by Crippen LogP contribution is 2.14. The molecule has 0 radical (unpaired) electrons. The monoisotopic (exact) mass is 367 g/mol. The fraction of sp³-hybridized carbons (Fsp3) is 0.588. The SMILES string of the molecule is O=C(NC1CCCNC1)c1ccc(S(=O)(=O)NCC2CCCO2)cc1. The molecule has 138 valence electrons. The van der Waals surface area contributed by atoms with E-state index in [-0.39, 0.29) is 29.5 Å². The molecule has 0 aliphatic carbocycles. The second-order valence-electron chi connectivity index (χ2n) is 6.53. The molecule has 3 N–H and O–H groups in total. The van der Waals surface area contributed by atoms with Crippen molar-refractivity contribution in [3.05, 3.63) is 29.8 Å². The van der Waals surface area contributed by atoms with Crippen molar-refractivity contribution in [3.63, 3.8) is 0 Å². The van der Waals surface area contributed by atoms with Crippen molar-refractivity contribution in [3.8, 4) is 0 Å². The van der Waals surface area contributed by atoms with Gasteiger partial charge in [0.15, 0.2) is 0 Å². The van der Waals surface area contributed by atoms with E-state index in [1.165, 1.54) is 12.1 Å². The first kappa shape index (κ1) is 18.3. The van der Waals surface area contributed by atoms with E-state index in [1.54, 1.807) is 12.1 Å². The van der Waals surface area contributed by atoms with Gasteiger partial charge in [-0.2, -0.15) is 0 Å². The third-order valence-corrected chi connectivity index (χ3v) is 6.02. The standard InChI is InChI=1S/C17H25N3O4S/c21-17(20-14-3-1-9-18-11-14)13-5-7-16(8-6-13)25(22,23)19-12-15-4-2-10-24-15/h5-8,14-15,18-19H,1-4,9-12H2,(H,20,21). The lowest BCUT2D eigenvalue weighted by Crippen LogP contribution is -2.45. The zero-order valence-corrected chi connectivity index (χ0v) is 15.0. The summed E-state index contributed by atoms with van der Waals surface area (Å²) in [7, 11) is -3.59. The van der Waals surface area contributed by atoms with Crippen LogP contribution in [0.15, 0.2) is 29.2 Å². The summed E-state index contributed by atoms with van der Waals surface area (Å²) >= 11 is 0. The quantitative estimate of drug-likeness (QED) is 0.685. The van der Waals surface area contributed by atoms with Crippen LogP contribution in [0.2, 0.25) is 0 Å². The summed E-state index contributed by atoms with van der Waals surface area (Å²) in [5, 5.41) is 6.22. The lowest BCUT2D eigenvalue weighted by Gasteiger charge is -2.23. The first-order chi connectivity index (χ1) is 12.0. The Balaban J connectivity index is 1.57. The molecule has 2 heterocycles. The van der Waals surface area contributed by atoms with Crippen molar-refractivity contribution in [2.75, 3.05) is 26.2 Å². The molecule has 1 aromatic carbocycles. The van der Waals surface area contributed by atoms with Crippen LogP contribution in [0.25, 0.3) is 0 Å². The average Bonchev–Trinajstić information content (AvgIpc) is 3.15. The highest BCUT2D eigenvalue weighted by atomic mass is 32.2. The number of benzene rings is 1. The van der Waals surface area contributed by atoms with E-state index in [0.29, 0.717) is 12.2 Å². The summed E-state index contributed by atoms with van der Waals surface area (Å²) in [5.41, 5.74) is 0.462. The second kappa shape index (κ2) is 8.27. The van der Waals surface area contributed by atoms with Crippen LogP contribution in [0.3, 0.4) is 0 Å². The molecule has 2 atom stereocenters. The van der Waals surface area contributed by atoms with Gasteiger partial charge >= 0.3 is 0 Å². The number of hydrogen-bond donors (Lipinski definition) is 3. The van der Waals surface area contributed by atoms with E-state index in [2.05, 4.69) is 15.4 Å². The summed E-state index contributed by atoms with van der Waals surface area (Å²) in [6, 6.07) is 6.15. The summed E-state index contributed by atoms with van der Waals surface area (Å²) in [6.07, 6.45) is 3.78. The van der Waals surface area contributed by atoms with Gasteiger partial charge in [-0.05, 0) is 56.5 Å². The third kappa shape index (κ3) is 5.01. The normalized spacial score (nSPS) is 24.2. The number of rotatable bonds is 6. The van der Waals surface area contributed by atoms with E-state index in [4.69, 9.17) is 4.74 Å². The third-order valence-electron chi connectivity index (χ3n) is 4.58. The fourth-order valence-corrected chi connectivity index (χ4v) is 4.19. The molecule has 2 aliphatic rings. The smallest absolute Gasteiger partial charge is 0.251 e. The fourth-order valence-electron chi connectivity index (χ4n) is 3.12. The molecule has 3 rings (SSSR count). The van der Waals surface area contributed by atoms with Gasteiger partial charge in [-0.15, -0.1) is 0 Å². The topological polar surface area (TPSA) is 96.5 Å². The zero-order chi connectivity index (χ0) is 17.7. The van der Waals surface area contributed by atoms with Gasteiger partial charge in [0.25, 0.3) is 5.91 Å². The Kier molecular flexibility index (Phi) is 6.06. The Labute approximate surface area is 148 Å². The van der Waals surface area contributed by atoms with Gasteiger partial charge in [0.05, 0.1) is 11.0 Å². The van der Waals surface area contributed by atoms with Gasteiger partial charge in [0.2, 0.25) is 10.0 Å². The maximum atomic E-state index is 12.3. The predicted octanol–water partition coefficient (Wildman–Crippen LogP) is 0.626. The number of hydrogen-bond acceptors (Lipinski definition) is 5. The molecule has 2 saturated heterocycles. The highest BCUT2D eigenvalue weighted by Gasteiger charge is 2.21. The van der Waals surface area contributed by atoms with Crippen LogP contribution in [0.5, 0.6) is 0 Å². The average molecular weight is 367 g/mol. The van der Waals surface area contributed by atoms with Gasteiger partial charge in [0.1, 0.15) is 0 Å². The number of sulfonamides is 1.